The van der Waals surface area contributed by atoms with Crippen LogP contribution in [0.5, 0.6) is 5.75 Å². The van der Waals surface area contributed by atoms with Gasteiger partial charge in [-0.05, 0) is 19.2 Å². The van der Waals surface area contributed by atoms with Crippen LogP contribution in [0.15, 0.2) is 30.3 Å². The summed E-state index contributed by atoms with van der Waals surface area (Å²) in [6.07, 6.45) is -4.60. The molecular formula is C10H16F3I3NO-. The van der Waals surface area contributed by atoms with Gasteiger partial charge in [-0.2, -0.15) is 0 Å². The van der Waals surface area contributed by atoms with Gasteiger partial charge in [0, 0.05) is 0 Å². The van der Waals surface area contributed by atoms with Crippen molar-refractivity contribution in [2.75, 3.05) is 7.05 Å². The molecule has 0 bridgehead atoms. The second-order valence-electron chi connectivity index (χ2n) is 1.91. The minimum atomic E-state index is -4.60. The summed E-state index contributed by atoms with van der Waals surface area (Å²) in [7, 11) is 1.50. The van der Waals surface area contributed by atoms with Crippen LogP contribution in [0.3, 0.4) is 0 Å². The van der Waals surface area contributed by atoms with Crippen molar-refractivity contribution in [3.8, 4) is 5.75 Å². The van der Waals surface area contributed by atoms with E-state index in [0.29, 0.717) is 13.3 Å². The predicted octanol–water partition coefficient (Wildman–Crippen LogP) is 1.96. The van der Waals surface area contributed by atoms with E-state index in [2.05, 4.69) is 47.7 Å². The minimum absolute atomic E-state index is 0.194. The zero-order valence-electron chi connectivity index (χ0n) is 10.1. The van der Waals surface area contributed by atoms with Gasteiger partial charge in [0.15, 0.2) is 0 Å². The van der Waals surface area contributed by atoms with E-state index in [9.17, 15) is 13.2 Å². The van der Waals surface area contributed by atoms with Gasteiger partial charge in [-0.3, -0.25) is 0 Å². The molecule has 2 N–H and O–H groups in total. The van der Waals surface area contributed by atoms with Crippen molar-refractivity contribution in [3.05, 3.63) is 30.3 Å². The molecule has 2 nitrogen and oxygen atoms in total. The number of hydrogen-bond donors (Lipinski definition) is 1. The summed E-state index contributed by atoms with van der Waals surface area (Å²) in [6, 6.07) is 7.05. The Balaban J connectivity index is -0.000000274. The fourth-order valence-electron chi connectivity index (χ4n) is 0.622. The molecule has 0 saturated heterocycles. The van der Waals surface area contributed by atoms with Crippen LogP contribution in [0, 0.1) is 0 Å². The first-order valence-electron chi connectivity index (χ1n) is 4.75. The van der Waals surface area contributed by atoms with Crippen LogP contribution in [0.4, 0.5) is 13.2 Å². The van der Waals surface area contributed by atoms with Gasteiger partial charge in [0.05, 0.1) is 0 Å². The quantitative estimate of drug-likeness (QED) is 0.499. The molecule has 0 aliphatic rings. The molecule has 0 atom stereocenters. The van der Waals surface area contributed by atoms with Gasteiger partial charge >= 0.3 is 56.8 Å². The van der Waals surface area contributed by atoms with Gasteiger partial charge in [0.25, 0.3) is 0 Å². The second kappa shape index (κ2) is 18.0. The first kappa shape index (κ1) is 24.0. The molecule has 0 aliphatic heterocycles. The molecule has 0 spiro atoms. The molecule has 18 heavy (non-hydrogen) atoms. The molecular weight excluding hydrogens is 588 g/mol. The molecule has 0 aliphatic carbocycles. The van der Waals surface area contributed by atoms with Crippen LogP contribution < -0.4 is 23.7 Å². The number of halogens is 6. The Morgan fingerprint density at radius 2 is 1.39 bits per heavy atom. The SMILES string of the molecule is CC.CN.FC(F)(F)Oc1ccccc1.I[I-]I. The molecule has 0 aromatic heterocycles. The summed E-state index contributed by atoms with van der Waals surface area (Å²) in [5, 5.41) is 0. The van der Waals surface area contributed by atoms with E-state index >= 15 is 0 Å². The van der Waals surface area contributed by atoms with Crippen molar-refractivity contribution in [3.63, 3.8) is 0 Å². The Morgan fingerprint density at radius 3 is 1.67 bits per heavy atom. The predicted molar refractivity (Wildman–Crippen MR) is 82.6 cm³/mol. The third kappa shape index (κ3) is 22.2. The Labute approximate surface area is 136 Å². The van der Waals surface area contributed by atoms with E-state index < -0.39 is 6.36 Å². The number of ether oxygens (including phenoxy) is 1. The molecule has 0 amide bonds. The topological polar surface area (TPSA) is 35.2 Å². The first-order valence-corrected chi connectivity index (χ1v) is 17.3. The number of hydrogen-bond acceptors (Lipinski definition) is 2. The van der Waals surface area contributed by atoms with Crippen LogP contribution in [-0.2, 0) is 0 Å². The second-order valence-corrected chi connectivity index (χ2v) is 18.2. The van der Waals surface area contributed by atoms with E-state index in [4.69, 9.17) is 0 Å². The third-order valence-electron chi connectivity index (χ3n) is 0.977. The fourth-order valence-corrected chi connectivity index (χ4v) is 0.622. The molecule has 0 unspecified atom stereocenters. The van der Waals surface area contributed by atoms with Crippen molar-refractivity contribution < 1.29 is 31.2 Å². The maximum absolute atomic E-state index is 11.5. The van der Waals surface area contributed by atoms with Crippen LogP contribution >= 0.6 is 37.2 Å². The number of benzene rings is 1. The molecule has 110 valence electrons. The summed E-state index contributed by atoms with van der Waals surface area (Å²) in [5.41, 5.74) is 4.50. The molecule has 1 aromatic carbocycles. The zero-order valence-corrected chi connectivity index (χ0v) is 16.6. The average molecular weight is 604 g/mol. The molecule has 0 radical (unpaired) electrons. The zero-order chi connectivity index (χ0) is 15.0. The van der Waals surface area contributed by atoms with Gasteiger partial charge in [-0.25, -0.2) is 0 Å². The molecule has 8 heteroatoms. The van der Waals surface area contributed by atoms with Crippen molar-refractivity contribution in [1.82, 2.24) is 0 Å². The van der Waals surface area contributed by atoms with Gasteiger partial charge in [-0.1, -0.05) is 32.0 Å². The Bertz CT molecular complexity index is 248. The normalized spacial score (nSPS) is 8.72. The van der Waals surface area contributed by atoms with Crippen molar-refractivity contribution in [2.45, 2.75) is 20.2 Å². The van der Waals surface area contributed by atoms with E-state index in [1.54, 1.807) is 6.07 Å². The van der Waals surface area contributed by atoms with E-state index in [0.717, 1.165) is 0 Å². The van der Waals surface area contributed by atoms with E-state index in [-0.39, 0.29) is 5.75 Å². The van der Waals surface area contributed by atoms with Gasteiger partial charge in [0.1, 0.15) is 5.75 Å². The summed E-state index contributed by atoms with van der Waals surface area (Å²) in [5.74, 6) is -0.194. The van der Waals surface area contributed by atoms with E-state index in [1.807, 2.05) is 13.8 Å². The van der Waals surface area contributed by atoms with Crippen LogP contribution in [0.2, 0.25) is 0 Å². The Morgan fingerprint density at radius 1 is 1.06 bits per heavy atom. The number of alkyl halides is 3. The average Bonchev–Trinajstić information content (AvgIpc) is 2.34. The summed E-state index contributed by atoms with van der Waals surface area (Å²) in [4.78, 5) is 0. The first-order chi connectivity index (χ1) is 8.49. The number of rotatable bonds is 1. The van der Waals surface area contributed by atoms with Gasteiger partial charge in [0.2, 0.25) is 0 Å². The van der Waals surface area contributed by atoms with Gasteiger partial charge in [-0.15, -0.1) is 13.2 Å². The Kier molecular flexibility index (Phi) is 24.0. The maximum atomic E-state index is 11.5. The number of nitrogens with two attached hydrogens (primary N) is 1. The molecule has 1 aromatic rings. The molecule has 0 saturated carbocycles. The van der Waals surface area contributed by atoms with Crippen LogP contribution in [0.25, 0.3) is 0 Å². The van der Waals surface area contributed by atoms with Crippen LogP contribution in [-0.4, -0.2) is 13.4 Å². The van der Waals surface area contributed by atoms with E-state index in [1.165, 1.54) is 31.3 Å². The van der Waals surface area contributed by atoms with Crippen molar-refractivity contribution in [1.29, 1.82) is 0 Å². The molecule has 1 rings (SSSR count). The van der Waals surface area contributed by atoms with Gasteiger partial charge < -0.3 is 10.5 Å². The summed E-state index contributed by atoms with van der Waals surface area (Å²) < 4.78 is 38.2. The van der Waals surface area contributed by atoms with Crippen molar-refractivity contribution >= 4 is 37.2 Å². The Hall–Kier alpha value is 0.960. The standard InChI is InChI=1S/C7H5F3O.C2H6.CH5N.I3/c8-7(9,10)11-6-4-2-1-3-5-6;2*1-2;1-3-2/h1-5H;1-2H3;2H2,1H3;/q;;;-1. The summed E-state index contributed by atoms with van der Waals surface area (Å²) >= 11 is 5.30. The van der Waals surface area contributed by atoms with Crippen LogP contribution in [0.1, 0.15) is 13.8 Å². The monoisotopic (exact) mass is 604 g/mol. The van der Waals surface area contributed by atoms with Crippen molar-refractivity contribution in [2.24, 2.45) is 5.73 Å². The molecule has 0 fully saturated rings. The molecule has 0 heterocycles. The fraction of sp³-hybridized carbons (Fsp3) is 0.400. The third-order valence-corrected chi connectivity index (χ3v) is 0.977. The summed E-state index contributed by atoms with van der Waals surface area (Å²) in [6.45, 7) is 4.00. The number of para-hydroxylation sites is 1.